The Morgan fingerprint density at radius 2 is 1.79 bits per heavy atom. The molecule has 0 heterocycles. The Balaban J connectivity index is 2.25. The van der Waals surface area contributed by atoms with Gasteiger partial charge in [0, 0.05) is 5.02 Å². The Morgan fingerprint density at radius 1 is 1.14 bits per heavy atom. The van der Waals surface area contributed by atoms with E-state index in [9.17, 15) is 13.2 Å². The van der Waals surface area contributed by atoms with Crippen LogP contribution in [-0.4, -0.2) is 41.3 Å². The summed E-state index contributed by atoms with van der Waals surface area (Å²) in [4.78, 5) is 12.7. The molecule has 0 aliphatic carbocycles. The minimum Gasteiger partial charge on any atom is -0.497 e. The van der Waals surface area contributed by atoms with E-state index in [1.807, 2.05) is 31.2 Å². The van der Waals surface area contributed by atoms with Crippen LogP contribution >= 0.6 is 11.6 Å². The van der Waals surface area contributed by atoms with Crippen LogP contribution in [0.4, 0.5) is 5.69 Å². The molecule has 2 aromatic rings. The summed E-state index contributed by atoms with van der Waals surface area (Å²) >= 11 is 6.03. The van der Waals surface area contributed by atoms with Gasteiger partial charge in [-0.1, -0.05) is 30.7 Å². The van der Waals surface area contributed by atoms with Gasteiger partial charge in [-0.2, -0.15) is 0 Å². The second-order valence-corrected chi connectivity index (χ2v) is 8.73. The summed E-state index contributed by atoms with van der Waals surface area (Å²) < 4.78 is 36.1. The largest absolute Gasteiger partial charge is 0.497 e. The van der Waals surface area contributed by atoms with Crippen LogP contribution in [0.5, 0.6) is 11.5 Å². The van der Waals surface area contributed by atoms with Gasteiger partial charge in [0.2, 0.25) is 15.9 Å². The molecule has 0 saturated carbocycles. The number of benzene rings is 2. The predicted molar refractivity (Wildman–Crippen MR) is 114 cm³/mol. The van der Waals surface area contributed by atoms with Crippen LogP contribution in [0.2, 0.25) is 5.02 Å². The number of ether oxygens (including phenoxy) is 2. The highest BCUT2D eigenvalue weighted by Crippen LogP contribution is 2.32. The Morgan fingerprint density at radius 3 is 2.31 bits per heavy atom. The quantitative estimate of drug-likeness (QED) is 0.646. The molecule has 2 aromatic carbocycles. The highest BCUT2D eigenvalue weighted by molar-refractivity contribution is 7.92. The molecule has 0 aliphatic rings. The van der Waals surface area contributed by atoms with Crippen molar-refractivity contribution < 1.29 is 22.7 Å². The lowest BCUT2D eigenvalue weighted by Gasteiger charge is -2.25. The van der Waals surface area contributed by atoms with E-state index >= 15 is 0 Å². The second-order valence-electron chi connectivity index (χ2n) is 6.39. The van der Waals surface area contributed by atoms with Gasteiger partial charge in [0.05, 0.1) is 32.2 Å². The first kappa shape index (κ1) is 22.8. The van der Waals surface area contributed by atoms with Crippen LogP contribution in [0.1, 0.15) is 24.9 Å². The van der Waals surface area contributed by atoms with E-state index in [1.165, 1.54) is 13.2 Å². The van der Waals surface area contributed by atoms with Gasteiger partial charge >= 0.3 is 0 Å². The lowest BCUT2D eigenvalue weighted by molar-refractivity contribution is -0.120. The van der Waals surface area contributed by atoms with E-state index in [0.29, 0.717) is 22.9 Å². The van der Waals surface area contributed by atoms with Gasteiger partial charge in [-0.05, 0) is 42.3 Å². The highest BCUT2D eigenvalue weighted by Gasteiger charge is 2.25. The molecule has 1 N–H and O–H groups in total. The summed E-state index contributed by atoms with van der Waals surface area (Å²) in [6.45, 7) is 1.53. The number of nitrogens with zero attached hydrogens (tertiary/aromatic N) is 1. The van der Waals surface area contributed by atoms with E-state index in [4.69, 9.17) is 21.1 Å². The zero-order chi connectivity index (χ0) is 21.6. The van der Waals surface area contributed by atoms with Crippen molar-refractivity contribution in [2.45, 2.75) is 19.4 Å². The molecule has 0 saturated heterocycles. The molecular formula is C20H25ClN2O5S. The third kappa shape index (κ3) is 6.01. The first-order valence-corrected chi connectivity index (χ1v) is 11.2. The number of halogens is 1. The van der Waals surface area contributed by atoms with Crippen molar-refractivity contribution in [3.63, 3.8) is 0 Å². The van der Waals surface area contributed by atoms with Gasteiger partial charge in [-0.25, -0.2) is 8.42 Å². The first-order chi connectivity index (χ1) is 13.7. The highest BCUT2D eigenvalue weighted by atomic mass is 35.5. The number of methoxy groups -OCH3 is 2. The predicted octanol–water partition coefficient (Wildman–Crippen LogP) is 3.39. The molecule has 9 heteroatoms. The number of hydrogen-bond acceptors (Lipinski definition) is 5. The van der Waals surface area contributed by atoms with Crippen LogP contribution in [0, 0.1) is 0 Å². The first-order valence-electron chi connectivity index (χ1n) is 8.94. The molecule has 1 atom stereocenters. The number of hydrogen-bond donors (Lipinski definition) is 1. The number of carbonyl (C=O) groups is 1. The third-order valence-corrected chi connectivity index (χ3v) is 5.72. The van der Waals surface area contributed by atoms with Gasteiger partial charge in [0.1, 0.15) is 18.0 Å². The van der Waals surface area contributed by atoms with Crippen LogP contribution in [0.15, 0.2) is 42.5 Å². The lowest BCUT2D eigenvalue weighted by atomic mass is 10.0. The standard InChI is InChI=1S/C20H25ClN2O5S/c1-5-17(14-6-9-16(27-2)10-7-14)22-20(24)13-23(29(4,25)26)18-12-15(21)8-11-19(18)28-3/h6-12,17H,5,13H2,1-4H3,(H,22,24). The monoisotopic (exact) mass is 440 g/mol. The zero-order valence-corrected chi connectivity index (χ0v) is 18.4. The van der Waals surface area contributed by atoms with Gasteiger partial charge in [0.25, 0.3) is 0 Å². The summed E-state index contributed by atoms with van der Waals surface area (Å²) in [5.74, 6) is 0.571. The summed E-state index contributed by atoms with van der Waals surface area (Å²) in [5, 5.41) is 3.22. The Bertz CT molecular complexity index is 948. The van der Waals surface area contributed by atoms with Gasteiger partial charge < -0.3 is 14.8 Å². The van der Waals surface area contributed by atoms with Gasteiger partial charge in [-0.3, -0.25) is 9.10 Å². The Labute approximate surface area is 176 Å². The summed E-state index contributed by atoms with van der Waals surface area (Å²) in [6, 6.07) is 11.7. The molecule has 0 spiro atoms. The molecule has 1 amide bonds. The Kier molecular flexibility index (Phi) is 7.75. The van der Waals surface area contributed by atoms with Crippen molar-refractivity contribution in [1.82, 2.24) is 5.32 Å². The van der Waals surface area contributed by atoms with Crippen molar-refractivity contribution in [2.75, 3.05) is 31.3 Å². The summed E-state index contributed by atoms with van der Waals surface area (Å²) in [7, 11) is -0.759. The van der Waals surface area contributed by atoms with Crippen molar-refractivity contribution in [2.24, 2.45) is 0 Å². The average molecular weight is 441 g/mol. The second kappa shape index (κ2) is 9.84. The fourth-order valence-corrected chi connectivity index (χ4v) is 3.88. The van der Waals surface area contributed by atoms with Crippen molar-refractivity contribution in [1.29, 1.82) is 0 Å². The molecule has 0 bridgehead atoms. The molecule has 2 rings (SSSR count). The average Bonchev–Trinajstić information content (AvgIpc) is 2.69. The Hall–Kier alpha value is -2.45. The molecule has 0 aliphatic heterocycles. The fraction of sp³-hybridized carbons (Fsp3) is 0.350. The van der Waals surface area contributed by atoms with Crippen LogP contribution in [0.25, 0.3) is 0 Å². The van der Waals surface area contributed by atoms with Crippen molar-refractivity contribution >= 4 is 33.2 Å². The molecule has 1 unspecified atom stereocenters. The molecular weight excluding hydrogens is 416 g/mol. The molecule has 0 fully saturated rings. The van der Waals surface area contributed by atoms with E-state index in [-0.39, 0.29) is 11.7 Å². The molecule has 0 radical (unpaired) electrons. The molecule has 0 aromatic heterocycles. The van der Waals surface area contributed by atoms with Crippen LogP contribution < -0.4 is 19.1 Å². The maximum atomic E-state index is 12.7. The fourth-order valence-electron chi connectivity index (χ4n) is 2.87. The lowest BCUT2D eigenvalue weighted by Crippen LogP contribution is -2.41. The number of sulfonamides is 1. The maximum absolute atomic E-state index is 12.7. The minimum atomic E-state index is -3.76. The normalized spacial score (nSPS) is 12.2. The number of amides is 1. The van der Waals surface area contributed by atoms with E-state index in [0.717, 1.165) is 16.1 Å². The van der Waals surface area contributed by atoms with Gasteiger partial charge in [0.15, 0.2) is 0 Å². The number of anilines is 1. The molecule has 29 heavy (non-hydrogen) atoms. The topological polar surface area (TPSA) is 84.9 Å². The van der Waals surface area contributed by atoms with Crippen molar-refractivity contribution in [3.05, 3.63) is 53.1 Å². The van der Waals surface area contributed by atoms with E-state index in [1.54, 1.807) is 19.2 Å². The zero-order valence-electron chi connectivity index (χ0n) is 16.8. The third-order valence-electron chi connectivity index (χ3n) is 4.36. The molecule has 158 valence electrons. The smallest absolute Gasteiger partial charge is 0.241 e. The van der Waals surface area contributed by atoms with Crippen LogP contribution in [-0.2, 0) is 14.8 Å². The van der Waals surface area contributed by atoms with E-state index in [2.05, 4.69) is 5.32 Å². The van der Waals surface area contributed by atoms with Crippen molar-refractivity contribution in [3.8, 4) is 11.5 Å². The minimum absolute atomic E-state index is 0.204. The van der Waals surface area contributed by atoms with Crippen LogP contribution in [0.3, 0.4) is 0 Å². The van der Waals surface area contributed by atoms with Gasteiger partial charge in [-0.15, -0.1) is 0 Å². The number of nitrogens with one attached hydrogen (secondary N) is 1. The maximum Gasteiger partial charge on any atom is 0.241 e. The summed E-state index contributed by atoms with van der Waals surface area (Å²) in [5.41, 5.74) is 1.10. The van der Waals surface area contributed by atoms with E-state index < -0.39 is 22.5 Å². The number of rotatable bonds is 9. The molecule has 7 nitrogen and oxygen atoms in total. The summed E-state index contributed by atoms with van der Waals surface area (Å²) in [6.07, 6.45) is 1.67. The SMILES string of the molecule is CCC(NC(=O)CN(c1cc(Cl)ccc1OC)S(C)(=O)=O)c1ccc(OC)cc1. The number of carbonyl (C=O) groups excluding carboxylic acids is 1.